The van der Waals surface area contributed by atoms with Gasteiger partial charge >= 0.3 is 12.0 Å². The number of methoxy groups -OCH3 is 2. The smallest absolute Gasteiger partial charge is 0.338 e. The van der Waals surface area contributed by atoms with E-state index in [2.05, 4.69) is 26.5 Å². The number of nitrogens with one attached hydrogen (secondary N) is 2. The molecule has 2 aromatic carbocycles. The van der Waals surface area contributed by atoms with Crippen LogP contribution < -0.4 is 25.0 Å². The molecule has 9 heteroatoms. The number of carbonyl (C=O) groups is 2. The number of anilines is 1. The summed E-state index contributed by atoms with van der Waals surface area (Å²) in [5, 5.41) is 5.73. The number of para-hydroxylation sites is 1. The molecular formula is C26H32N4O5. The molecule has 4 rings (SSSR count). The molecule has 0 spiro atoms. The van der Waals surface area contributed by atoms with Gasteiger partial charge in [-0.05, 0) is 25.1 Å². The standard InChI is InChI=1S/C26H32N4O5/c1-4-35-22-11-6-5-10-20(22)24-23(25(31)34-3)21(27-26(32)28-24)17-29-12-14-30(15-13-29)18-8-7-9-19(16-18)33-2/h5-11,16,24H,4,12-15,17H2,1-3H3,(H2,27,28,32). The molecule has 1 unspecified atom stereocenters. The zero-order valence-electron chi connectivity index (χ0n) is 20.4. The van der Waals surface area contributed by atoms with E-state index in [1.807, 2.05) is 49.4 Å². The van der Waals surface area contributed by atoms with Crippen LogP contribution in [0.3, 0.4) is 0 Å². The van der Waals surface area contributed by atoms with Gasteiger partial charge in [-0.25, -0.2) is 9.59 Å². The normalized spacial score (nSPS) is 18.5. The molecule has 0 aromatic heterocycles. The van der Waals surface area contributed by atoms with Gasteiger partial charge in [0, 0.05) is 55.7 Å². The predicted molar refractivity (Wildman–Crippen MR) is 133 cm³/mol. The van der Waals surface area contributed by atoms with Crippen molar-refractivity contribution in [1.82, 2.24) is 15.5 Å². The number of amides is 2. The highest BCUT2D eigenvalue weighted by molar-refractivity contribution is 5.95. The average Bonchev–Trinajstić information content (AvgIpc) is 2.89. The Morgan fingerprint density at radius 3 is 2.54 bits per heavy atom. The van der Waals surface area contributed by atoms with Crippen LogP contribution >= 0.6 is 0 Å². The molecule has 0 saturated carbocycles. The van der Waals surface area contributed by atoms with Crippen molar-refractivity contribution in [3.63, 3.8) is 0 Å². The van der Waals surface area contributed by atoms with Gasteiger partial charge < -0.3 is 29.7 Å². The van der Waals surface area contributed by atoms with Crippen molar-refractivity contribution in [3.05, 3.63) is 65.4 Å². The van der Waals surface area contributed by atoms with Gasteiger partial charge in [-0.2, -0.15) is 0 Å². The number of rotatable bonds is 8. The van der Waals surface area contributed by atoms with Crippen molar-refractivity contribution in [2.75, 3.05) is 58.5 Å². The van der Waals surface area contributed by atoms with Gasteiger partial charge in [0.05, 0.1) is 32.4 Å². The number of hydrogen-bond acceptors (Lipinski definition) is 7. The second-order valence-electron chi connectivity index (χ2n) is 8.35. The lowest BCUT2D eigenvalue weighted by Gasteiger charge is -2.38. The maximum absolute atomic E-state index is 12.9. The fraction of sp³-hybridized carbons (Fsp3) is 0.385. The van der Waals surface area contributed by atoms with E-state index >= 15 is 0 Å². The lowest BCUT2D eigenvalue weighted by molar-refractivity contribution is -0.136. The minimum atomic E-state index is -0.674. The molecule has 1 atom stereocenters. The minimum absolute atomic E-state index is 0.362. The fourth-order valence-corrected chi connectivity index (χ4v) is 4.53. The maximum Gasteiger partial charge on any atom is 0.338 e. The molecule has 2 amide bonds. The number of carbonyl (C=O) groups excluding carboxylic acids is 2. The molecule has 0 aliphatic carbocycles. The Morgan fingerprint density at radius 1 is 1.06 bits per heavy atom. The van der Waals surface area contributed by atoms with Crippen LogP contribution in [0.15, 0.2) is 59.8 Å². The van der Waals surface area contributed by atoms with Crippen molar-refractivity contribution >= 4 is 17.7 Å². The summed E-state index contributed by atoms with van der Waals surface area (Å²) in [6.45, 7) is 5.98. The third kappa shape index (κ3) is 5.51. The van der Waals surface area contributed by atoms with E-state index in [0.29, 0.717) is 35.7 Å². The van der Waals surface area contributed by atoms with Crippen LogP contribution in [-0.4, -0.2) is 70.5 Å². The zero-order chi connectivity index (χ0) is 24.8. The molecule has 9 nitrogen and oxygen atoms in total. The molecule has 2 N–H and O–H groups in total. The maximum atomic E-state index is 12.9. The van der Waals surface area contributed by atoms with Crippen molar-refractivity contribution in [2.45, 2.75) is 13.0 Å². The zero-order valence-corrected chi connectivity index (χ0v) is 20.4. The molecule has 186 valence electrons. The van der Waals surface area contributed by atoms with E-state index in [0.717, 1.165) is 37.6 Å². The highest BCUT2D eigenvalue weighted by atomic mass is 16.5. The van der Waals surface area contributed by atoms with Gasteiger partial charge in [-0.1, -0.05) is 24.3 Å². The Morgan fingerprint density at radius 2 is 1.83 bits per heavy atom. The summed E-state index contributed by atoms with van der Waals surface area (Å²) in [4.78, 5) is 30.1. The lowest BCUT2D eigenvalue weighted by Crippen LogP contribution is -2.51. The Bertz CT molecular complexity index is 1090. The summed E-state index contributed by atoms with van der Waals surface area (Å²) in [5.41, 5.74) is 2.76. The van der Waals surface area contributed by atoms with Gasteiger partial charge in [-0.15, -0.1) is 0 Å². The van der Waals surface area contributed by atoms with E-state index in [-0.39, 0.29) is 6.03 Å². The number of urea groups is 1. The number of benzene rings is 2. The lowest BCUT2D eigenvalue weighted by atomic mass is 9.94. The molecule has 2 aliphatic rings. The van der Waals surface area contributed by atoms with Gasteiger partial charge in [0.1, 0.15) is 11.5 Å². The summed E-state index contributed by atoms with van der Waals surface area (Å²) >= 11 is 0. The molecule has 2 heterocycles. The first-order chi connectivity index (χ1) is 17.0. The molecule has 1 saturated heterocycles. The Hall–Kier alpha value is -3.72. The fourth-order valence-electron chi connectivity index (χ4n) is 4.53. The predicted octanol–water partition coefficient (Wildman–Crippen LogP) is 2.70. The molecule has 2 aliphatic heterocycles. The Balaban J connectivity index is 1.56. The van der Waals surface area contributed by atoms with Gasteiger partial charge in [0.15, 0.2) is 0 Å². The van der Waals surface area contributed by atoms with Crippen molar-refractivity contribution in [3.8, 4) is 11.5 Å². The quantitative estimate of drug-likeness (QED) is 0.562. The van der Waals surface area contributed by atoms with Gasteiger partial charge in [0.25, 0.3) is 0 Å². The van der Waals surface area contributed by atoms with Gasteiger partial charge in [-0.3, -0.25) is 4.90 Å². The van der Waals surface area contributed by atoms with E-state index in [1.165, 1.54) is 7.11 Å². The van der Waals surface area contributed by atoms with Crippen molar-refractivity contribution in [1.29, 1.82) is 0 Å². The van der Waals surface area contributed by atoms with Crippen LogP contribution in [0.25, 0.3) is 0 Å². The molecule has 0 radical (unpaired) electrons. The molecule has 35 heavy (non-hydrogen) atoms. The summed E-state index contributed by atoms with van der Waals surface area (Å²) in [6.07, 6.45) is 0. The molecule has 1 fully saturated rings. The third-order valence-electron chi connectivity index (χ3n) is 6.26. The van der Waals surface area contributed by atoms with E-state index < -0.39 is 12.0 Å². The molecule has 0 bridgehead atoms. The first-order valence-electron chi connectivity index (χ1n) is 11.8. The topological polar surface area (TPSA) is 92.4 Å². The number of hydrogen-bond donors (Lipinski definition) is 2. The number of nitrogens with zero attached hydrogens (tertiary/aromatic N) is 2. The highest BCUT2D eigenvalue weighted by Gasteiger charge is 2.35. The highest BCUT2D eigenvalue weighted by Crippen LogP contribution is 2.34. The Kier molecular flexibility index (Phi) is 7.77. The second kappa shape index (κ2) is 11.1. The van der Waals surface area contributed by atoms with Crippen LogP contribution in [0, 0.1) is 0 Å². The number of ether oxygens (including phenoxy) is 3. The molecule has 2 aromatic rings. The second-order valence-corrected chi connectivity index (χ2v) is 8.35. The first-order valence-corrected chi connectivity index (χ1v) is 11.8. The summed E-state index contributed by atoms with van der Waals surface area (Å²) in [6, 6.07) is 14.4. The number of piperazine rings is 1. The minimum Gasteiger partial charge on any atom is -0.497 e. The van der Waals surface area contributed by atoms with Crippen LogP contribution in [0.1, 0.15) is 18.5 Å². The number of esters is 1. The van der Waals surface area contributed by atoms with E-state index in [9.17, 15) is 9.59 Å². The van der Waals surface area contributed by atoms with Crippen LogP contribution in [-0.2, 0) is 9.53 Å². The molecular weight excluding hydrogens is 448 g/mol. The first kappa shape index (κ1) is 24.4. The van der Waals surface area contributed by atoms with Crippen LogP contribution in [0.5, 0.6) is 11.5 Å². The van der Waals surface area contributed by atoms with Crippen molar-refractivity contribution in [2.24, 2.45) is 0 Å². The van der Waals surface area contributed by atoms with Crippen molar-refractivity contribution < 1.29 is 23.8 Å². The van der Waals surface area contributed by atoms with Crippen LogP contribution in [0.2, 0.25) is 0 Å². The third-order valence-corrected chi connectivity index (χ3v) is 6.26. The van der Waals surface area contributed by atoms with Crippen LogP contribution in [0.4, 0.5) is 10.5 Å². The monoisotopic (exact) mass is 480 g/mol. The van der Waals surface area contributed by atoms with E-state index in [4.69, 9.17) is 14.2 Å². The average molecular weight is 481 g/mol. The SMILES string of the molecule is CCOc1ccccc1C1NC(=O)NC(CN2CCN(c3cccc(OC)c3)CC2)=C1C(=O)OC. The van der Waals surface area contributed by atoms with E-state index in [1.54, 1.807) is 7.11 Å². The Labute approximate surface area is 205 Å². The van der Waals surface area contributed by atoms with Gasteiger partial charge in [0.2, 0.25) is 0 Å². The summed E-state index contributed by atoms with van der Waals surface area (Å²) in [7, 11) is 3.01. The summed E-state index contributed by atoms with van der Waals surface area (Å²) < 4.78 is 16.2. The summed E-state index contributed by atoms with van der Waals surface area (Å²) in [5.74, 6) is 0.960. The largest absolute Gasteiger partial charge is 0.497 e.